The van der Waals surface area contributed by atoms with E-state index < -0.39 is 0 Å². The molecule has 0 saturated carbocycles. The molecule has 1 aromatic carbocycles. The number of aryl methyl sites for hydroxylation is 1. The van der Waals surface area contributed by atoms with Gasteiger partial charge >= 0.3 is 0 Å². The lowest BCUT2D eigenvalue weighted by molar-refractivity contribution is 0.104. The summed E-state index contributed by atoms with van der Waals surface area (Å²) in [4.78, 5) is 11.2. The number of hydrogen-bond donors (Lipinski definition) is 1. The van der Waals surface area contributed by atoms with Gasteiger partial charge in [-0.2, -0.15) is 0 Å². The Morgan fingerprint density at radius 3 is 2.83 bits per heavy atom. The number of anilines is 1. The maximum absolute atomic E-state index is 11.2. The highest BCUT2D eigenvalue weighted by atomic mass is 16.1. The molecule has 12 heavy (non-hydrogen) atoms. The van der Waals surface area contributed by atoms with Crippen LogP contribution in [0.2, 0.25) is 0 Å². The van der Waals surface area contributed by atoms with Crippen LogP contribution in [0.1, 0.15) is 15.9 Å². The van der Waals surface area contributed by atoms with Crippen LogP contribution in [-0.4, -0.2) is 5.78 Å². The van der Waals surface area contributed by atoms with Crippen molar-refractivity contribution in [2.24, 2.45) is 0 Å². The van der Waals surface area contributed by atoms with Gasteiger partial charge in [-0.1, -0.05) is 18.2 Å². The van der Waals surface area contributed by atoms with Crippen LogP contribution in [0.3, 0.4) is 0 Å². The number of carbonyl (C=O) groups excluding carboxylic acids is 1. The summed E-state index contributed by atoms with van der Waals surface area (Å²) in [6.07, 6.45) is 1.27. The highest BCUT2D eigenvalue weighted by Crippen LogP contribution is 2.14. The second-order valence-corrected chi connectivity index (χ2v) is 2.66. The third-order valence-corrected chi connectivity index (χ3v) is 1.66. The van der Waals surface area contributed by atoms with Gasteiger partial charge < -0.3 is 5.73 Å². The molecule has 0 atom stereocenters. The highest BCUT2D eigenvalue weighted by Gasteiger charge is 2.04. The summed E-state index contributed by atoms with van der Waals surface area (Å²) in [5.41, 5.74) is 7.66. The molecule has 62 valence electrons. The van der Waals surface area contributed by atoms with Gasteiger partial charge in [-0.15, -0.1) is 0 Å². The first-order valence-electron chi connectivity index (χ1n) is 3.68. The van der Waals surface area contributed by atoms with Crippen LogP contribution in [0, 0.1) is 6.92 Å². The summed E-state index contributed by atoms with van der Waals surface area (Å²) >= 11 is 0. The molecule has 0 bridgehead atoms. The Kier molecular flexibility index (Phi) is 2.29. The van der Waals surface area contributed by atoms with Crippen molar-refractivity contribution in [1.82, 2.24) is 0 Å². The first-order valence-corrected chi connectivity index (χ1v) is 3.68. The van der Waals surface area contributed by atoms with Gasteiger partial charge in [-0.3, -0.25) is 4.79 Å². The Morgan fingerprint density at radius 1 is 1.58 bits per heavy atom. The van der Waals surface area contributed by atoms with Gasteiger partial charge in [0.05, 0.1) is 0 Å². The molecule has 0 fully saturated rings. The van der Waals surface area contributed by atoms with Crippen LogP contribution >= 0.6 is 0 Å². The molecule has 2 heteroatoms. The van der Waals surface area contributed by atoms with Crippen molar-refractivity contribution >= 4 is 11.5 Å². The standard InChI is InChI=1S/C10H11NO/c1-3-10(12)8-6-7(2)4-5-9(8)11/h3-6H,1,11H2,2H3. The minimum atomic E-state index is -0.129. The zero-order chi connectivity index (χ0) is 9.14. The third kappa shape index (κ3) is 1.53. The number of hydrogen-bond acceptors (Lipinski definition) is 2. The zero-order valence-electron chi connectivity index (χ0n) is 7.00. The fourth-order valence-electron chi connectivity index (χ4n) is 0.993. The van der Waals surface area contributed by atoms with Crippen LogP contribution in [0.5, 0.6) is 0 Å². The molecule has 0 aliphatic carbocycles. The van der Waals surface area contributed by atoms with Crippen LogP contribution in [-0.2, 0) is 0 Å². The maximum Gasteiger partial charge on any atom is 0.187 e. The fraction of sp³-hybridized carbons (Fsp3) is 0.100. The molecule has 0 aromatic heterocycles. The maximum atomic E-state index is 11.2. The Morgan fingerprint density at radius 2 is 2.25 bits per heavy atom. The Labute approximate surface area is 71.7 Å². The zero-order valence-corrected chi connectivity index (χ0v) is 7.00. The molecular weight excluding hydrogens is 150 g/mol. The van der Waals surface area contributed by atoms with E-state index in [0.717, 1.165) is 5.56 Å². The van der Waals surface area contributed by atoms with E-state index in [1.807, 2.05) is 13.0 Å². The quantitative estimate of drug-likeness (QED) is 0.409. The third-order valence-electron chi connectivity index (χ3n) is 1.66. The molecule has 0 amide bonds. The van der Waals surface area contributed by atoms with Gasteiger partial charge in [0.25, 0.3) is 0 Å². The van der Waals surface area contributed by atoms with Crippen molar-refractivity contribution in [1.29, 1.82) is 0 Å². The molecule has 0 spiro atoms. The lowest BCUT2D eigenvalue weighted by Gasteiger charge is -2.01. The number of benzene rings is 1. The fourth-order valence-corrected chi connectivity index (χ4v) is 0.993. The van der Waals surface area contributed by atoms with E-state index in [1.54, 1.807) is 12.1 Å². The molecule has 2 N–H and O–H groups in total. The molecule has 2 nitrogen and oxygen atoms in total. The molecule has 1 rings (SSSR count). The number of rotatable bonds is 2. The Bertz CT molecular complexity index is 329. The molecule has 0 unspecified atom stereocenters. The van der Waals surface area contributed by atoms with Gasteiger partial charge in [-0.05, 0) is 25.1 Å². The first-order chi connectivity index (χ1) is 5.65. The van der Waals surface area contributed by atoms with Crippen molar-refractivity contribution in [2.45, 2.75) is 6.92 Å². The predicted molar refractivity (Wildman–Crippen MR) is 50.1 cm³/mol. The van der Waals surface area contributed by atoms with Crippen molar-refractivity contribution in [3.8, 4) is 0 Å². The lowest BCUT2D eigenvalue weighted by Crippen LogP contribution is -2.00. The van der Waals surface area contributed by atoms with Crippen LogP contribution < -0.4 is 5.73 Å². The second-order valence-electron chi connectivity index (χ2n) is 2.66. The van der Waals surface area contributed by atoms with Gasteiger partial charge in [0.1, 0.15) is 0 Å². The van der Waals surface area contributed by atoms with E-state index in [1.165, 1.54) is 6.08 Å². The number of allylic oxidation sites excluding steroid dienone is 1. The number of carbonyl (C=O) groups is 1. The smallest absolute Gasteiger partial charge is 0.187 e. The monoisotopic (exact) mass is 161 g/mol. The van der Waals surface area contributed by atoms with E-state index in [2.05, 4.69) is 6.58 Å². The molecule has 1 aromatic rings. The molecule has 0 saturated heterocycles. The summed E-state index contributed by atoms with van der Waals surface area (Å²) in [5.74, 6) is -0.129. The first kappa shape index (κ1) is 8.53. The van der Waals surface area contributed by atoms with Crippen LogP contribution in [0.25, 0.3) is 0 Å². The lowest BCUT2D eigenvalue weighted by atomic mass is 10.1. The van der Waals surface area contributed by atoms with Crippen LogP contribution in [0.4, 0.5) is 5.69 Å². The van der Waals surface area contributed by atoms with Gasteiger partial charge in [0.2, 0.25) is 0 Å². The average Bonchev–Trinajstić information content (AvgIpc) is 2.08. The summed E-state index contributed by atoms with van der Waals surface area (Å²) in [6.45, 7) is 5.32. The van der Waals surface area contributed by atoms with Gasteiger partial charge in [0.15, 0.2) is 5.78 Å². The van der Waals surface area contributed by atoms with Crippen LogP contribution in [0.15, 0.2) is 30.9 Å². The summed E-state index contributed by atoms with van der Waals surface area (Å²) < 4.78 is 0. The topological polar surface area (TPSA) is 43.1 Å². The normalized spacial score (nSPS) is 9.42. The number of ketones is 1. The van der Waals surface area contributed by atoms with Crippen molar-refractivity contribution < 1.29 is 4.79 Å². The van der Waals surface area contributed by atoms with Crippen molar-refractivity contribution in [2.75, 3.05) is 5.73 Å². The largest absolute Gasteiger partial charge is 0.398 e. The average molecular weight is 161 g/mol. The predicted octanol–water partition coefficient (Wildman–Crippen LogP) is 1.95. The van der Waals surface area contributed by atoms with Crippen molar-refractivity contribution in [3.63, 3.8) is 0 Å². The summed E-state index contributed by atoms with van der Waals surface area (Å²) in [7, 11) is 0. The minimum absolute atomic E-state index is 0.129. The van der Waals surface area contributed by atoms with E-state index in [0.29, 0.717) is 11.3 Å². The Balaban J connectivity index is 3.22. The molecule has 0 aliphatic rings. The SMILES string of the molecule is C=CC(=O)c1cc(C)ccc1N. The number of nitrogen functional groups attached to an aromatic ring is 1. The second kappa shape index (κ2) is 3.22. The van der Waals surface area contributed by atoms with E-state index in [4.69, 9.17) is 5.73 Å². The van der Waals surface area contributed by atoms with Crippen molar-refractivity contribution in [3.05, 3.63) is 42.0 Å². The van der Waals surface area contributed by atoms with Gasteiger partial charge in [0, 0.05) is 11.3 Å². The van der Waals surface area contributed by atoms with E-state index >= 15 is 0 Å². The van der Waals surface area contributed by atoms with E-state index in [9.17, 15) is 4.79 Å². The Hall–Kier alpha value is -1.57. The highest BCUT2D eigenvalue weighted by molar-refractivity contribution is 6.07. The van der Waals surface area contributed by atoms with E-state index in [-0.39, 0.29) is 5.78 Å². The van der Waals surface area contributed by atoms with Gasteiger partial charge in [-0.25, -0.2) is 0 Å². The summed E-state index contributed by atoms with van der Waals surface area (Å²) in [6, 6.07) is 5.36. The number of nitrogens with two attached hydrogens (primary N) is 1. The molecule has 0 heterocycles. The molecule has 0 aliphatic heterocycles. The minimum Gasteiger partial charge on any atom is -0.398 e. The molecule has 0 radical (unpaired) electrons. The molecular formula is C10H11NO. The summed E-state index contributed by atoms with van der Waals surface area (Å²) in [5, 5.41) is 0.